The molecule has 2 N–H and O–H groups in total. The molecule has 1 aromatic carbocycles. The summed E-state index contributed by atoms with van der Waals surface area (Å²) in [5.41, 5.74) is 0.777. The number of hydrogen-bond acceptors (Lipinski definition) is 4. The molecule has 1 heterocycles. The Kier molecular flexibility index (Phi) is 4.22. The van der Waals surface area contributed by atoms with Crippen LogP contribution < -0.4 is 4.72 Å². The predicted octanol–water partition coefficient (Wildman–Crippen LogP) is 1.74. The summed E-state index contributed by atoms with van der Waals surface area (Å²) in [7, 11) is -3.80. The number of benzene rings is 1. The maximum atomic E-state index is 13.0. The number of furan rings is 1. The highest BCUT2D eigenvalue weighted by atomic mass is 32.2. The molecule has 0 spiro atoms. The number of aliphatic hydroxyl groups excluding tert-OH is 1. The molecule has 1 atom stereocenters. The number of rotatable bonds is 5. The molecule has 0 amide bonds. The molecule has 5 nitrogen and oxygen atoms in total. The van der Waals surface area contributed by atoms with Gasteiger partial charge in [-0.1, -0.05) is 0 Å². The first-order chi connectivity index (χ1) is 9.40. The lowest BCUT2D eigenvalue weighted by molar-refractivity contribution is 0.181. The molecule has 0 fully saturated rings. The van der Waals surface area contributed by atoms with Gasteiger partial charge in [0, 0.05) is 12.1 Å². The highest BCUT2D eigenvalue weighted by Gasteiger charge is 2.19. The van der Waals surface area contributed by atoms with E-state index in [-0.39, 0.29) is 11.4 Å². The fraction of sp³-hybridized carbons (Fsp3) is 0.231. The van der Waals surface area contributed by atoms with E-state index in [1.54, 1.807) is 6.07 Å². The monoisotopic (exact) mass is 299 g/mol. The maximum Gasteiger partial charge on any atom is 0.240 e. The average Bonchev–Trinajstić information content (AvgIpc) is 2.89. The van der Waals surface area contributed by atoms with Gasteiger partial charge in [0.2, 0.25) is 10.0 Å². The third kappa shape index (κ3) is 3.24. The minimum atomic E-state index is -3.80. The van der Waals surface area contributed by atoms with Gasteiger partial charge in [0.15, 0.2) is 0 Å². The fourth-order valence-electron chi connectivity index (χ4n) is 1.76. The average molecular weight is 299 g/mol. The smallest absolute Gasteiger partial charge is 0.240 e. The van der Waals surface area contributed by atoms with Crippen LogP contribution >= 0.6 is 0 Å². The van der Waals surface area contributed by atoms with Crippen molar-refractivity contribution in [3.05, 3.63) is 53.7 Å². The number of hydrogen-bond donors (Lipinski definition) is 2. The summed E-state index contributed by atoms with van der Waals surface area (Å²) in [4.78, 5) is -0.0155. The van der Waals surface area contributed by atoms with Crippen molar-refractivity contribution in [3.8, 4) is 0 Å². The second kappa shape index (κ2) is 5.74. The number of aliphatic hydroxyl groups is 1. The van der Waals surface area contributed by atoms with Crippen molar-refractivity contribution in [1.82, 2.24) is 4.72 Å². The molecule has 0 aliphatic carbocycles. The highest BCUT2D eigenvalue weighted by Crippen LogP contribution is 2.17. The van der Waals surface area contributed by atoms with E-state index in [1.165, 1.54) is 25.5 Å². The van der Waals surface area contributed by atoms with Gasteiger partial charge in [0.05, 0.1) is 23.5 Å². The van der Waals surface area contributed by atoms with Crippen LogP contribution in [-0.4, -0.2) is 20.1 Å². The second-order valence-corrected chi connectivity index (χ2v) is 6.07. The van der Waals surface area contributed by atoms with Gasteiger partial charge in [0.1, 0.15) is 5.82 Å². The van der Waals surface area contributed by atoms with Gasteiger partial charge < -0.3 is 9.52 Å². The van der Waals surface area contributed by atoms with Crippen LogP contribution in [0.3, 0.4) is 0 Å². The van der Waals surface area contributed by atoms with Crippen LogP contribution in [0.2, 0.25) is 0 Å². The number of halogens is 1. The van der Waals surface area contributed by atoms with Crippen LogP contribution in [0.5, 0.6) is 0 Å². The molecule has 0 aliphatic rings. The van der Waals surface area contributed by atoms with Gasteiger partial charge in [0.25, 0.3) is 0 Å². The molecule has 2 aromatic rings. The Morgan fingerprint density at radius 2 is 2.15 bits per heavy atom. The molecule has 7 heteroatoms. The van der Waals surface area contributed by atoms with Crippen LogP contribution in [0.25, 0.3) is 0 Å². The van der Waals surface area contributed by atoms with Crippen LogP contribution in [0.1, 0.15) is 17.2 Å². The zero-order valence-corrected chi connectivity index (χ0v) is 11.5. The van der Waals surface area contributed by atoms with Crippen LogP contribution in [0, 0.1) is 12.7 Å². The summed E-state index contributed by atoms with van der Waals surface area (Å²) in [6.45, 7) is 1.31. The van der Waals surface area contributed by atoms with E-state index in [9.17, 15) is 17.9 Å². The zero-order valence-electron chi connectivity index (χ0n) is 10.7. The molecular weight excluding hydrogens is 285 g/mol. The largest absolute Gasteiger partial charge is 0.472 e. The molecule has 0 saturated heterocycles. The summed E-state index contributed by atoms with van der Waals surface area (Å²) >= 11 is 0. The lowest BCUT2D eigenvalue weighted by Gasteiger charge is -2.12. The Morgan fingerprint density at radius 1 is 1.40 bits per heavy atom. The van der Waals surface area contributed by atoms with Gasteiger partial charge >= 0.3 is 0 Å². The Bertz CT molecular complexity index is 682. The highest BCUT2D eigenvalue weighted by molar-refractivity contribution is 7.89. The minimum absolute atomic E-state index is 0.0155. The van der Waals surface area contributed by atoms with Crippen molar-refractivity contribution in [1.29, 1.82) is 0 Å². The molecule has 0 aliphatic heterocycles. The molecular formula is C13H14FNO4S. The van der Waals surface area contributed by atoms with Gasteiger partial charge in [-0.3, -0.25) is 0 Å². The van der Waals surface area contributed by atoms with Crippen molar-refractivity contribution >= 4 is 10.0 Å². The number of sulfonamides is 1. The Balaban J connectivity index is 2.11. The first kappa shape index (κ1) is 14.7. The van der Waals surface area contributed by atoms with Crippen LogP contribution in [0.15, 0.2) is 46.1 Å². The Morgan fingerprint density at radius 3 is 2.75 bits per heavy atom. The third-order valence-electron chi connectivity index (χ3n) is 2.82. The fourth-order valence-corrected chi connectivity index (χ4v) is 3.03. The van der Waals surface area contributed by atoms with Crippen molar-refractivity contribution in [2.24, 2.45) is 0 Å². The van der Waals surface area contributed by atoms with Gasteiger partial charge in [-0.05, 0) is 36.8 Å². The molecule has 108 valence electrons. The molecule has 0 saturated carbocycles. The molecule has 20 heavy (non-hydrogen) atoms. The SMILES string of the molecule is Cc1cc(F)ccc1S(=O)(=O)NC[C@@H](O)c1ccoc1. The van der Waals surface area contributed by atoms with E-state index in [0.29, 0.717) is 11.1 Å². The third-order valence-corrected chi connectivity index (χ3v) is 4.40. The predicted molar refractivity (Wildman–Crippen MR) is 70.0 cm³/mol. The summed E-state index contributed by atoms with van der Waals surface area (Å²) < 4.78 is 44.2. The van der Waals surface area contributed by atoms with Crippen molar-refractivity contribution in [3.63, 3.8) is 0 Å². The standard InChI is InChI=1S/C13H14FNO4S/c1-9-6-11(14)2-3-13(9)20(17,18)15-7-12(16)10-4-5-19-8-10/h2-6,8,12,15-16H,7H2,1H3/t12-/m1/s1. The molecule has 0 radical (unpaired) electrons. The second-order valence-electron chi connectivity index (χ2n) is 4.33. The summed E-state index contributed by atoms with van der Waals surface area (Å²) in [6, 6.07) is 4.95. The van der Waals surface area contributed by atoms with Gasteiger partial charge in [-0.2, -0.15) is 0 Å². The normalized spacial score (nSPS) is 13.3. The van der Waals surface area contributed by atoms with Gasteiger partial charge in [-0.25, -0.2) is 17.5 Å². The van der Waals surface area contributed by atoms with E-state index in [0.717, 1.165) is 12.1 Å². The molecule has 1 aromatic heterocycles. The van der Waals surface area contributed by atoms with E-state index in [4.69, 9.17) is 4.42 Å². The Hall–Kier alpha value is -1.70. The van der Waals surface area contributed by atoms with Crippen LogP contribution in [0.4, 0.5) is 4.39 Å². The Labute approximate surface area is 116 Å². The van der Waals surface area contributed by atoms with E-state index in [1.807, 2.05) is 0 Å². The van der Waals surface area contributed by atoms with Crippen LogP contribution in [-0.2, 0) is 10.0 Å². The lowest BCUT2D eigenvalue weighted by atomic mass is 10.2. The maximum absolute atomic E-state index is 13.0. The van der Waals surface area contributed by atoms with Crippen molar-refractivity contribution < 1.29 is 22.3 Å². The van der Waals surface area contributed by atoms with Crippen molar-refractivity contribution in [2.45, 2.75) is 17.9 Å². The molecule has 2 rings (SSSR count). The first-order valence-electron chi connectivity index (χ1n) is 5.86. The lowest BCUT2D eigenvalue weighted by Crippen LogP contribution is -2.29. The first-order valence-corrected chi connectivity index (χ1v) is 7.34. The minimum Gasteiger partial charge on any atom is -0.472 e. The molecule has 0 unspecified atom stereocenters. The van der Waals surface area contributed by atoms with E-state index >= 15 is 0 Å². The molecule has 0 bridgehead atoms. The van der Waals surface area contributed by atoms with E-state index < -0.39 is 21.9 Å². The zero-order chi connectivity index (χ0) is 14.8. The van der Waals surface area contributed by atoms with E-state index in [2.05, 4.69) is 4.72 Å². The quantitative estimate of drug-likeness (QED) is 0.881. The topological polar surface area (TPSA) is 79.5 Å². The van der Waals surface area contributed by atoms with Gasteiger partial charge in [-0.15, -0.1) is 0 Å². The number of aryl methyl sites for hydroxylation is 1. The number of nitrogens with one attached hydrogen (secondary N) is 1. The van der Waals surface area contributed by atoms with Crippen molar-refractivity contribution in [2.75, 3.05) is 6.54 Å². The summed E-state index contributed by atoms with van der Waals surface area (Å²) in [5.74, 6) is -0.500. The summed E-state index contributed by atoms with van der Waals surface area (Å²) in [5, 5.41) is 9.79. The summed E-state index contributed by atoms with van der Waals surface area (Å²) in [6.07, 6.45) is 1.71.